The lowest BCUT2D eigenvalue weighted by molar-refractivity contribution is 0.456. The maximum absolute atomic E-state index is 9.19. The molecule has 0 N–H and O–H groups in total. The zero-order valence-corrected chi connectivity index (χ0v) is 10.5. The maximum Gasteiger partial charge on any atom is 0.140 e. The van der Waals surface area contributed by atoms with E-state index < -0.39 is 5.92 Å². The molecule has 0 fully saturated rings. The zero-order chi connectivity index (χ0) is 13.0. The number of benzene rings is 1. The molecule has 2 nitrogen and oxygen atoms in total. The van der Waals surface area contributed by atoms with Gasteiger partial charge in [-0.1, -0.05) is 42.0 Å². The number of nitrogens with zero attached hydrogens (tertiary/aromatic N) is 2. The van der Waals surface area contributed by atoms with E-state index in [1.807, 2.05) is 30.3 Å². The van der Waals surface area contributed by atoms with Gasteiger partial charge < -0.3 is 0 Å². The summed E-state index contributed by atoms with van der Waals surface area (Å²) in [5, 5.41) is 18.4. The number of rotatable bonds is 3. The van der Waals surface area contributed by atoms with Crippen molar-refractivity contribution in [3.05, 3.63) is 47.5 Å². The number of hydrogen-bond donors (Lipinski definition) is 0. The molecule has 1 aromatic carbocycles. The Labute approximate surface area is 108 Å². The Kier molecular flexibility index (Phi) is 3.80. The summed E-state index contributed by atoms with van der Waals surface area (Å²) in [6.45, 7) is 2.12. The first kappa shape index (κ1) is 12.4. The molecule has 0 spiro atoms. The van der Waals surface area contributed by atoms with Crippen molar-refractivity contribution < 1.29 is 0 Å². The molecule has 18 heavy (non-hydrogen) atoms. The molecule has 2 atom stereocenters. The largest absolute Gasteiger partial charge is 0.197 e. The van der Waals surface area contributed by atoms with Crippen molar-refractivity contribution in [1.82, 2.24) is 0 Å². The Morgan fingerprint density at radius 3 is 2.33 bits per heavy atom. The summed E-state index contributed by atoms with van der Waals surface area (Å²) < 4.78 is 0. The Morgan fingerprint density at radius 2 is 1.83 bits per heavy atom. The molecule has 2 unspecified atom stereocenters. The van der Waals surface area contributed by atoms with Crippen LogP contribution < -0.4 is 0 Å². The van der Waals surface area contributed by atoms with Gasteiger partial charge >= 0.3 is 0 Å². The molecular weight excluding hydrogens is 220 g/mol. The molecule has 0 saturated heterocycles. The summed E-state index contributed by atoms with van der Waals surface area (Å²) in [4.78, 5) is 0. The summed E-state index contributed by atoms with van der Waals surface area (Å²) in [5.74, 6) is -0.255. The van der Waals surface area contributed by atoms with E-state index in [2.05, 4.69) is 25.1 Å². The molecule has 1 aromatic rings. The number of allylic oxidation sites excluding steroid dienone is 2. The first-order chi connectivity index (χ1) is 8.76. The van der Waals surface area contributed by atoms with Crippen LogP contribution in [0.15, 0.2) is 42.0 Å². The van der Waals surface area contributed by atoms with Gasteiger partial charge in [-0.05, 0) is 31.2 Å². The van der Waals surface area contributed by atoms with Gasteiger partial charge in [-0.15, -0.1) is 0 Å². The molecule has 0 saturated carbocycles. The summed E-state index contributed by atoms with van der Waals surface area (Å²) in [7, 11) is 0. The van der Waals surface area contributed by atoms with E-state index >= 15 is 0 Å². The van der Waals surface area contributed by atoms with Gasteiger partial charge in [-0.2, -0.15) is 10.5 Å². The molecule has 0 aromatic heterocycles. The molecule has 0 amide bonds. The highest BCUT2D eigenvalue weighted by Crippen LogP contribution is 2.40. The molecule has 2 heteroatoms. The van der Waals surface area contributed by atoms with Crippen LogP contribution in [0.4, 0.5) is 0 Å². The van der Waals surface area contributed by atoms with Gasteiger partial charge in [-0.25, -0.2) is 0 Å². The van der Waals surface area contributed by atoms with Crippen LogP contribution in [0.3, 0.4) is 0 Å². The minimum Gasteiger partial charge on any atom is -0.197 e. The maximum atomic E-state index is 9.19. The average molecular weight is 236 g/mol. The van der Waals surface area contributed by atoms with Gasteiger partial charge in [0.15, 0.2) is 0 Å². The summed E-state index contributed by atoms with van der Waals surface area (Å²) in [6, 6.07) is 14.3. The molecule has 0 aliphatic heterocycles. The highest BCUT2D eigenvalue weighted by Gasteiger charge is 2.31. The van der Waals surface area contributed by atoms with E-state index in [0.29, 0.717) is 5.92 Å². The van der Waals surface area contributed by atoms with E-state index in [0.717, 1.165) is 18.4 Å². The smallest absolute Gasteiger partial charge is 0.140 e. The van der Waals surface area contributed by atoms with E-state index in [1.165, 1.54) is 5.57 Å². The molecule has 90 valence electrons. The third kappa shape index (κ3) is 2.44. The quantitative estimate of drug-likeness (QED) is 0.749. The summed E-state index contributed by atoms with van der Waals surface area (Å²) in [5.41, 5.74) is 2.47. The van der Waals surface area contributed by atoms with E-state index in [1.54, 1.807) is 0 Å². The minimum atomic E-state index is -0.570. The number of nitriles is 2. The van der Waals surface area contributed by atoms with Crippen LogP contribution in [-0.4, -0.2) is 0 Å². The summed E-state index contributed by atoms with van der Waals surface area (Å²) in [6.07, 6.45) is 4.36. The first-order valence-electron chi connectivity index (χ1n) is 6.27. The normalized spacial score (nSPS) is 20.0. The van der Waals surface area contributed by atoms with Crippen LogP contribution in [0.25, 0.3) is 0 Å². The topological polar surface area (TPSA) is 47.6 Å². The van der Waals surface area contributed by atoms with E-state index in [4.69, 9.17) is 0 Å². The van der Waals surface area contributed by atoms with Crippen LogP contribution in [0.1, 0.15) is 31.2 Å². The SMILES string of the molecule is CC1=CC(C(c2ccccc2)C(C#N)C#N)CC1. The van der Waals surface area contributed by atoms with Gasteiger partial charge in [-0.3, -0.25) is 0 Å². The van der Waals surface area contributed by atoms with Gasteiger partial charge in [0.2, 0.25) is 0 Å². The predicted octanol–water partition coefficient (Wildman–Crippen LogP) is 3.79. The minimum absolute atomic E-state index is 0.00125. The molecule has 0 bridgehead atoms. The monoisotopic (exact) mass is 236 g/mol. The van der Waals surface area contributed by atoms with Crippen molar-refractivity contribution in [1.29, 1.82) is 10.5 Å². The van der Waals surface area contributed by atoms with Crippen LogP contribution >= 0.6 is 0 Å². The van der Waals surface area contributed by atoms with Crippen molar-refractivity contribution in [3.63, 3.8) is 0 Å². The molecule has 1 aliphatic rings. The van der Waals surface area contributed by atoms with Gasteiger partial charge in [0.25, 0.3) is 0 Å². The predicted molar refractivity (Wildman–Crippen MR) is 70.4 cm³/mol. The van der Waals surface area contributed by atoms with E-state index in [9.17, 15) is 10.5 Å². The zero-order valence-electron chi connectivity index (χ0n) is 10.5. The van der Waals surface area contributed by atoms with Crippen molar-refractivity contribution >= 4 is 0 Å². The van der Waals surface area contributed by atoms with Crippen molar-refractivity contribution in [3.8, 4) is 12.1 Å². The Balaban J connectivity index is 2.36. The van der Waals surface area contributed by atoms with Crippen molar-refractivity contribution in [2.24, 2.45) is 11.8 Å². The molecule has 1 aliphatic carbocycles. The van der Waals surface area contributed by atoms with Crippen LogP contribution in [0.2, 0.25) is 0 Å². The Hall–Kier alpha value is -2.06. The fraction of sp³-hybridized carbons (Fsp3) is 0.375. The van der Waals surface area contributed by atoms with Gasteiger partial charge in [0, 0.05) is 5.92 Å². The number of hydrogen-bond acceptors (Lipinski definition) is 2. The lowest BCUT2D eigenvalue weighted by Crippen LogP contribution is -2.17. The third-order valence-electron chi connectivity index (χ3n) is 3.65. The van der Waals surface area contributed by atoms with Crippen LogP contribution in [-0.2, 0) is 0 Å². The average Bonchev–Trinajstić information content (AvgIpc) is 2.83. The molecule has 0 heterocycles. The Morgan fingerprint density at radius 1 is 1.17 bits per heavy atom. The van der Waals surface area contributed by atoms with Crippen molar-refractivity contribution in [2.75, 3.05) is 0 Å². The van der Waals surface area contributed by atoms with Gasteiger partial charge in [0.05, 0.1) is 12.1 Å². The second kappa shape index (κ2) is 5.52. The fourth-order valence-corrected chi connectivity index (χ4v) is 2.76. The van der Waals surface area contributed by atoms with Crippen LogP contribution in [0.5, 0.6) is 0 Å². The highest BCUT2D eigenvalue weighted by molar-refractivity contribution is 5.29. The van der Waals surface area contributed by atoms with Crippen LogP contribution in [0, 0.1) is 34.5 Å². The lowest BCUT2D eigenvalue weighted by atomic mass is 9.77. The lowest BCUT2D eigenvalue weighted by Gasteiger charge is -2.23. The van der Waals surface area contributed by atoms with Crippen molar-refractivity contribution in [2.45, 2.75) is 25.7 Å². The molecular formula is C16H16N2. The Bertz CT molecular complexity index is 502. The fourth-order valence-electron chi connectivity index (χ4n) is 2.76. The van der Waals surface area contributed by atoms with Gasteiger partial charge in [0.1, 0.15) is 5.92 Å². The standard InChI is InChI=1S/C16H16N2/c1-12-7-8-14(9-12)16(15(10-17)11-18)13-5-3-2-4-6-13/h2-6,9,14-16H,7-8H2,1H3. The highest BCUT2D eigenvalue weighted by atomic mass is 14.4. The first-order valence-corrected chi connectivity index (χ1v) is 6.27. The van der Waals surface area contributed by atoms with E-state index in [-0.39, 0.29) is 5.92 Å². The second-order valence-electron chi connectivity index (χ2n) is 4.89. The third-order valence-corrected chi connectivity index (χ3v) is 3.65. The second-order valence-corrected chi connectivity index (χ2v) is 4.89. The summed E-state index contributed by atoms with van der Waals surface area (Å²) >= 11 is 0. The molecule has 0 radical (unpaired) electrons. The molecule has 2 rings (SSSR count).